The molecule has 2 aliphatic heterocycles. The molecule has 2 aromatic carbocycles. The van der Waals surface area contributed by atoms with Crippen molar-refractivity contribution in [1.29, 1.82) is 0 Å². The number of fused-ring (bicyclic) bond motifs is 1. The maximum atomic E-state index is 12.6. The summed E-state index contributed by atoms with van der Waals surface area (Å²) >= 11 is 6.56. The molecular weight excluding hydrogens is 546 g/mol. The van der Waals surface area contributed by atoms with Crippen molar-refractivity contribution in [3.8, 4) is 28.4 Å². The Morgan fingerprint density at radius 3 is 2.28 bits per heavy atom. The highest BCUT2D eigenvalue weighted by Crippen LogP contribution is 2.32. The van der Waals surface area contributed by atoms with Crippen LogP contribution in [0.15, 0.2) is 59.5 Å². The molecule has 2 saturated heterocycles. The number of aliphatic hydroxyl groups excluding tert-OH is 2. The van der Waals surface area contributed by atoms with Crippen LogP contribution in [0.2, 0.25) is 5.02 Å². The first-order valence-corrected chi connectivity index (χ1v) is 14.4. The van der Waals surface area contributed by atoms with E-state index in [0.717, 1.165) is 16.7 Å². The first kappa shape index (κ1) is 26.2. The van der Waals surface area contributed by atoms with Crippen LogP contribution in [0.4, 0.5) is 0 Å². The molecule has 0 amide bonds. The molecule has 0 bridgehead atoms. The summed E-state index contributed by atoms with van der Waals surface area (Å²) in [6, 6.07) is 16.5. The van der Waals surface area contributed by atoms with Crippen LogP contribution in [-0.2, 0) is 19.3 Å². The van der Waals surface area contributed by atoms with E-state index >= 15 is 0 Å². The zero-order valence-electron chi connectivity index (χ0n) is 20.7. The summed E-state index contributed by atoms with van der Waals surface area (Å²) in [5.74, 6) is 0. The van der Waals surface area contributed by atoms with E-state index in [1.54, 1.807) is 30.3 Å². The Morgan fingerprint density at radius 1 is 1.00 bits per heavy atom. The number of rotatable bonds is 7. The number of imidazole rings is 1. The van der Waals surface area contributed by atoms with Gasteiger partial charge in [-0.25, -0.2) is 13.4 Å². The van der Waals surface area contributed by atoms with Crippen molar-refractivity contribution >= 4 is 32.6 Å². The average molecular weight is 572 g/mol. The van der Waals surface area contributed by atoms with Crippen LogP contribution < -0.4 is 4.74 Å². The van der Waals surface area contributed by atoms with Crippen LogP contribution in [0.5, 0.6) is 6.01 Å². The third-order valence-corrected chi connectivity index (χ3v) is 9.38. The molecule has 4 aromatic rings. The van der Waals surface area contributed by atoms with Crippen molar-refractivity contribution in [3.05, 3.63) is 59.6 Å². The van der Waals surface area contributed by atoms with Crippen molar-refractivity contribution in [1.82, 2.24) is 15.0 Å². The molecule has 2 fully saturated rings. The average Bonchev–Trinajstić information content (AvgIpc) is 3.28. The highest BCUT2D eigenvalue weighted by Gasteiger charge is 2.34. The summed E-state index contributed by atoms with van der Waals surface area (Å²) < 4.78 is 41.5. The highest BCUT2D eigenvalue weighted by atomic mass is 35.5. The summed E-state index contributed by atoms with van der Waals surface area (Å²) in [7, 11) is -3.37. The number of benzene rings is 2. The summed E-state index contributed by atoms with van der Waals surface area (Å²) in [5.41, 5.74) is 4.18. The van der Waals surface area contributed by atoms with Gasteiger partial charge in [-0.15, -0.1) is 0 Å². The van der Waals surface area contributed by atoms with Crippen LogP contribution in [0.25, 0.3) is 33.5 Å². The third kappa shape index (κ3) is 5.13. The number of sulfone groups is 1. The second-order valence-electron chi connectivity index (χ2n) is 9.64. The number of aromatic nitrogens is 3. The van der Waals surface area contributed by atoms with Gasteiger partial charge in [0.2, 0.25) is 0 Å². The van der Waals surface area contributed by atoms with E-state index in [0.29, 0.717) is 33.2 Å². The molecule has 0 aliphatic carbocycles. The van der Waals surface area contributed by atoms with Crippen molar-refractivity contribution in [2.24, 2.45) is 0 Å². The molecule has 10 nitrogen and oxygen atoms in total. The quantitative estimate of drug-likeness (QED) is 0.305. The van der Waals surface area contributed by atoms with Crippen LogP contribution >= 0.6 is 11.6 Å². The van der Waals surface area contributed by atoms with Gasteiger partial charge in [-0.2, -0.15) is 4.98 Å². The van der Waals surface area contributed by atoms with Crippen LogP contribution in [0, 0.1) is 0 Å². The van der Waals surface area contributed by atoms with Gasteiger partial charge in [-0.1, -0.05) is 48.0 Å². The summed E-state index contributed by atoms with van der Waals surface area (Å²) in [6.07, 6.45) is -1.55. The molecule has 3 N–H and O–H groups in total. The summed E-state index contributed by atoms with van der Waals surface area (Å²) in [6.45, 7) is 0.453. The van der Waals surface area contributed by atoms with E-state index in [2.05, 4.69) is 15.0 Å². The smallest absolute Gasteiger partial charge is 0.296 e. The summed E-state index contributed by atoms with van der Waals surface area (Å²) in [5, 5.41) is 19.3. The normalized spacial score (nSPS) is 22.1. The van der Waals surface area contributed by atoms with Gasteiger partial charge in [-0.3, -0.25) is 0 Å². The lowest BCUT2D eigenvalue weighted by Gasteiger charge is -2.31. The fraction of sp³-hybridized carbons (Fsp3) is 0.333. The minimum Gasteiger partial charge on any atom is -0.459 e. The van der Waals surface area contributed by atoms with E-state index in [1.807, 2.05) is 24.3 Å². The molecule has 39 heavy (non-hydrogen) atoms. The second-order valence-corrected chi connectivity index (χ2v) is 12.3. The molecule has 6 rings (SSSR count). The molecule has 4 heterocycles. The molecule has 0 saturated carbocycles. The fourth-order valence-corrected chi connectivity index (χ4v) is 6.35. The zero-order chi connectivity index (χ0) is 27.1. The first-order valence-electron chi connectivity index (χ1n) is 12.5. The van der Waals surface area contributed by atoms with Gasteiger partial charge in [0.25, 0.3) is 6.01 Å². The van der Waals surface area contributed by atoms with E-state index in [9.17, 15) is 18.6 Å². The Bertz CT molecular complexity index is 1590. The monoisotopic (exact) mass is 571 g/mol. The van der Waals surface area contributed by atoms with Crippen molar-refractivity contribution in [3.63, 3.8) is 0 Å². The minimum atomic E-state index is -3.37. The lowest BCUT2D eigenvalue weighted by molar-refractivity contribution is -0.131. The number of H-pyrrole nitrogens is 1. The standard InChI is InChI=1S/C27H26ClN3O7S/c28-21-10-22-26(31-27(29-22)38-18-9-23(33)24(11-32)37-12-18)30-25(21)17-3-1-15(2-4-17)16-5-7-19(8-6-16)39(34,35)20-13-36-14-20/h1-8,10,18,20,23-24,32-33H,9,11-14H2,(H,29,30,31)/t18-,23+,24-/m1/s1. The number of hydrogen-bond acceptors (Lipinski definition) is 9. The lowest BCUT2D eigenvalue weighted by Crippen LogP contribution is -2.45. The Balaban J connectivity index is 1.19. The summed E-state index contributed by atoms with van der Waals surface area (Å²) in [4.78, 5) is 12.4. The van der Waals surface area contributed by atoms with Crippen molar-refractivity contribution in [2.75, 3.05) is 26.4 Å². The van der Waals surface area contributed by atoms with Crippen LogP contribution in [0.1, 0.15) is 6.42 Å². The van der Waals surface area contributed by atoms with E-state index in [4.69, 9.17) is 25.8 Å². The molecule has 2 aliphatic rings. The SMILES string of the molecule is O=S(=O)(c1ccc(-c2ccc(-c3nc4nc(O[C@H]5CO[C@H](CO)[C@@H](O)C5)[nH]c4cc3Cl)cc2)cc1)C1COC1. The van der Waals surface area contributed by atoms with E-state index < -0.39 is 33.4 Å². The maximum Gasteiger partial charge on any atom is 0.296 e. The molecule has 0 spiro atoms. The van der Waals surface area contributed by atoms with Crippen molar-refractivity contribution < 1.29 is 32.8 Å². The largest absolute Gasteiger partial charge is 0.459 e. The fourth-order valence-electron chi connectivity index (χ4n) is 4.64. The van der Waals surface area contributed by atoms with Gasteiger partial charge in [-0.05, 0) is 29.3 Å². The van der Waals surface area contributed by atoms with E-state index in [1.165, 1.54) is 0 Å². The number of nitrogens with one attached hydrogen (secondary N) is 1. The Morgan fingerprint density at radius 2 is 1.67 bits per heavy atom. The highest BCUT2D eigenvalue weighted by molar-refractivity contribution is 7.92. The number of ether oxygens (including phenoxy) is 3. The molecule has 12 heteroatoms. The number of halogens is 1. The second kappa shape index (κ2) is 10.5. The van der Waals surface area contributed by atoms with Gasteiger partial charge < -0.3 is 29.4 Å². The number of pyridine rings is 1. The molecule has 0 unspecified atom stereocenters. The molecule has 3 atom stereocenters. The zero-order valence-corrected chi connectivity index (χ0v) is 22.2. The van der Waals surface area contributed by atoms with Gasteiger partial charge in [0.15, 0.2) is 15.5 Å². The number of hydrogen-bond donors (Lipinski definition) is 3. The molecular formula is C27H26ClN3O7S. The predicted octanol–water partition coefficient (Wildman–Crippen LogP) is 3.01. The predicted molar refractivity (Wildman–Crippen MR) is 143 cm³/mol. The Labute approximate surface area is 229 Å². The van der Waals surface area contributed by atoms with Crippen molar-refractivity contribution in [2.45, 2.75) is 34.9 Å². The van der Waals surface area contributed by atoms with E-state index in [-0.39, 0.29) is 32.4 Å². The number of aromatic amines is 1. The first-order chi connectivity index (χ1) is 18.8. The Hall–Kier alpha value is -3.06. The molecule has 0 radical (unpaired) electrons. The van der Waals surface area contributed by atoms with Gasteiger partial charge in [0.1, 0.15) is 17.5 Å². The van der Waals surface area contributed by atoms with Crippen LogP contribution in [-0.4, -0.2) is 83.6 Å². The lowest BCUT2D eigenvalue weighted by atomic mass is 10.0. The maximum absolute atomic E-state index is 12.6. The van der Waals surface area contributed by atoms with Gasteiger partial charge >= 0.3 is 0 Å². The minimum absolute atomic E-state index is 0.221. The Kier molecular flexibility index (Phi) is 7.04. The van der Waals surface area contributed by atoms with Gasteiger partial charge in [0, 0.05) is 12.0 Å². The third-order valence-electron chi connectivity index (χ3n) is 7.01. The topological polar surface area (TPSA) is 144 Å². The van der Waals surface area contributed by atoms with Gasteiger partial charge in [0.05, 0.1) is 53.7 Å². The number of aliphatic hydroxyl groups is 2. The molecule has 204 valence electrons. The van der Waals surface area contributed by atoms with Crippen LogP contribution in [0.3, 0.4) is 0 Å². The molecule has 2 aromatic heterocycles. The number of nitrogens with zero attached hydrogens (tertiary/aromatic N) is 2.